The number of carbonyl (C=O) groups is 2. The zero-order valence-electron chi connectivity index (χ0n) is 16.2. The van der Waals surface area contributed by atoms with Crippen molar-refractivity contribution in [2.24, 2.45) is 0 Å². The fourth-order valence-corrected chi connectivity index (χ4v) is 2.70. The van der Waals surface area contributed by atoms with Crippen LogP contribution in [0.4, 0.5) is 14.5 Å². The topological polar surface area (TPSA) is 91.2 Å². The molecule has 31 heavy (non-hydrogen) atoms. The first-order valence-corrected chi connectivity index (χ1v) is 9.19. The van der Waals surface area contributed by atoms with Crippen molar-refractivity contribution in [2.45, 2.75) is 6.61 Å². The molecule has 8 heteroatoms. The molecule has 0 unspecified atom stereocenters. The van der Waals surface area contributed by atoms with Crippen LogP contribution in [0.3, 0.4) is 0 Å². The lowest BCUT2D eigenvalue weighted by molar-refractivity contribution is -0.115. The number of nitrogens with one attached hydrogen (secondary N) is 2. The molecule has 2 N–H and O–H groups in total. The normalized spacial score (nSPS) is 10.1. The maximum atomic E-state index is 13.6. The molecular weight excluding hydrogens is 404 g/mol. The van der Waals surface area contributed by atoms with Crippen LogP contribution in [0.15, 0.2) is 66.7 Å². The summed E-state index contributed by atoms with van der Waals surface area (Å²) in [5.74, 6) is -2.67. The van der Waals surface area contributed by atoms with Crippen molar-refractivity contribution in [1.29, 1.82) is 5.26 Å². The first-order chi connectivity index (χ1) is 14.9. The lowest BCUT2D eigenvalue weighted by atomic mass is 10.1. The molecular formula is C23H17F2N3O3. The van der Waals surface area contributed by atoms with Crippen molar-refractivity contribution >= 4 is 17.5 Å². The second kappa shape index (κ2) is 9.98. The van der Waals surface area contributed by atoms with Gasteiger partial charge in [0, 0.05) is 17.8 Å². The molecule has 3 aromatic rings. The number of nitrogens with zero attached hydrogens (tertiary/aromatic N) is 1. The largest absolute Gasteiger partial charge is 0.489 e. The Kier molecular flexibility index (Phi) is 6.91. The van der Waals surface area contributed by atoms with Gasteiger partial charge in [0.1, 0.15) is 24.0 Å². The highest BCUT2D eigenvalue weighted by molar-refractivity contribution is 5.99. The molecule has 0 aliphatic heterocycles. The van der Waals surface area contributed by atoms with Crippen LogP contribution in [0.2, 0.25) is 0 Å². The van der Waals surface area contributed by atoms with Gasteiger partial charge in [-0.1, -0.05) is 18.2 Å². The highest BCUT2D eigenvalue weighted by atomic mass is 19.1. The molecule has 0 saturated heterocycles. The summed E-state index contributed by atoms with van der Waals surface area (Å²) in [4.78, 5) is 24.1. The maximum Gasteiger partial charge on any atom is 0.254 e. The van der Waals surface area contributed by atoms with Crippen molar-refractivity contribution in [2.75, 3.05) is 11.9 Å². The van der Waals surface area contributed by atoms with E-state index in [1.165, 1.54) is 0 Å². The van der Waals surface area contributed by atoms with Crippen LogP contribution in [-0.4, -0.2) is 18.4 Å². The van der Waals surface area contributed by atoms with Gasteiger partial charge in [0.2, 0.25) is 5.91 Å². The number of anilines is 1. The van der Waals surface area contributed by atoms with Gasteiger partial charge in [-0.2, -0.15) is 5.26 Å². The molecule has 0 aliphatic rings. The highest BCUT2D eigenvalue weighted by Gasteiger charge is 2.13. The number of hydrogen-bond acceptors (Lipinski definition) is 4. The molecule has 0 aliphatic carbocycles. The Labute approximate surface area is 177 Å². The third-order valence-electron chi connectivity index (χ3n) is 4.16. The minimum atomic E-state index is -1.01. The van der Waals surface area contributed by atoms with Gasteiger partial charge in [-0.25, -0.2) is 8.78 Å². The molecule has 0 atom stereocenters. The monoisotopic (exact) mass is 421 g/mol. The maximum absolute atomic E-state index is 13.6. The van der Waals surface area contributed by atoms with Crippen LogP contribution in [0.5, 0.6) is 5.75 Å². The minimum absolute atomic E-state index is 0.242. The summed E-state index contributed by atoms with van der Waals surface area (Å²) in [6.45, 7) is -0.159. The molecule has 0 fully saturated rings. The number of rotatable bonds is 7. The predicted octanol–water partition coefficient (Wildman–Crippen LogP) is 3.78. The van der Waals surface area contributed by atoms with E-state index in [2.05, 4.69) is 16.7 Å². The van der Waals surface area contributed by atoms with E-state index in [0.717, 1.165) is 17.7 Å². The van der Waals surface area contributed by atoms with Gasteiger partial charge >= 0.3 is 0 Å². The second-order valence-corrected chi connectivity index (χ2v) is 6.48. The fourth-order valence-electron chi connectivity index (χ4n) is 2.70. The lowest BCUT2D eigenvalue weighted by Crippen LogP contribution is -2.33. The van der Waals surface area contributed by atoms with Gasteiger partial charge in [-0.15, -0.1) is 0 Å². The average Bonchev–Trinajstić information content (AvgIpc) is 2.76. The van der Waals surface area contributed by atoms with Gasteiger partial charge in [0.05, 0.1) is 23.7 Å². The molecule has 0 aromatic heterocycles. The van der Waals surface area contributed by atoms with Crippen molar-refractivity contribution in [3.8, 4) is 11.8 Å². The van der Waals surface area contributed by atoms with Crippen LogP contribution in [0, 0.1) is 23.0 Å². The van der Waals surface area contributed by atoms with E-state index in [-0.39, 0.29) is 12.2 Å². The van der Waals surface area contributed by atoms with Gasteiger partial charge in [0.15, 0.2) is 0 Å². The van der Waals surface area contributed by atoms with Crippen molar-refractivity contribution in [1.82, 2.24) is 5.32 Å². The van der Waals surface area contributed by atoms with Gasteiger partial charge < -0.3 is 15.4 Å². The number of carbonyl (C=O) groups excluding carboxylic acids is 2. The Morgan fingerprint density at radius 2 is 1.81 bits per heavy atom. The van der Waals surface area contributed by atoms with E-state index in [0.29, 0.717) is 23.1 Å². The highest BCUT2D eigenvalue weighted by Crippen LogP contribution is 2.19. The summed E-state index contributed by atoms with van der Waals surface area (Å²) in [6.07, 6.45) is 0. The van der Waals surface area contributed by atoms with Crippen molar-refractivity contribution in [3.05, 3.63) is 95.1 Å². The number of ether oxygens (including phenoxy) is 1. The summed E-state index contributed by atoms with van der Waals surface area (Å²) in [6, 6.07) is 18.3. The number of benzene rings is 3. The van der Waals surface area contributed by atoms with E-state index in [1.54, 1.807) is 42.5 Å². The summed E-state index contributed by atoms with van der Waals surface area (Å²) < 4.78 is 32.2. The molecule has 0 radical (unpaired) electrons. The number of amides is 2. The Morgan fingerprint density at radius 1 is 1.00 bits per heavy atom. The van der Waals surface area contributed by atoms with Crippen LogP contribution >= 0.6 is 0 Å². The van der Waals surface area contributed by atoms with Gasteiger partial charge in [-0.05, 0) is 42.0 Å². The zero-order chi connectivity index (χ0) is 22.2. The third-order valence-corrected chi connectivity index (χ3v) is 4.16. The number of halogens is 2. The second-order valence-electron chi connectivity index (χ2n) is 6.48. The van der Waals surface area contributed by atoms with Gasteiger partial charge in [-0.3, -0.25) is 9.59 Å². The number of nitriles is 1. The third kappa shape index (κ3) is 6.11. The lowest BCUT2D eigenvalue weighted by Gasteiger charge is -2.10. The Bertz CT molecular complexity index is 1160. The van der Waals surface area contributed by atoms with Crippen molar-refractivity contribution < 1.29 is 23.1 Å². The molecule has 3 rings (SSSR count). The fraction of sp³-hybridized carbons (Fsp3) is 0.0870. The van der Waals surface area contributed by atoms with Crippen LogP contribution < -0.4 is 15.4 Å². The van der Waals surface area contributed by atoms with E-state index >= 15 is 0 Å². The molecule has 0 saturated carbocycles. The van der Waals surface area contributed by atoms with E-state index < -0.39 is 30.0 Å². The molecule has 3 aromatic carbocycles. The van der Waals surface area contributed by atoms with E-state index in [1.807, 2.05) is 6.07 Å². The first-order valence-electron chi connectivity index (χ1n) is 9.19. The summed E-state index contributed by atoms with van der Waals surface area (Å²) in [5.41, 5.74) is 1.44. The first kappa shape index (κ1) is 21.5. The van der Waals surface area contributed by atoms with Crippen LogP contribution in [-0.2, 0) is 11.4 Å². The molecule has 0 bridgehead atoms. The van der Waals surface area contributed by atoms with Crippen LogP contribution in [0.25, 0.3) is 0 Å². The van der Waals surface area contributed by atoms with Gasteiger partial charge in [0.25, 0.3) is 5.91 Å². The van der Waals surface area contributed by atoms with E-state index in [9.17, 15) is 18.4 Å². The molecule has 156 valence electrons. The minimum Gasteiger partial charge on any atom is -0.489 e. The van der Waals surface area contributed by atoms with Crippen molar-refractivity contribution in [3.63, 3.8) is 0 Å². The quantitative estimate of drug-likeness (QED) is 0.607. The molecule has 2 amide bonds. The Balaban J connectivity index is 1.53. The summed E-state index contributed by atoms with van der Waals surface area (Å²) in [5, 5.41) is 13.8. The molecule has 0 heterocycles. The number of hydrogen-bond donors (Lipinski definition) is 2. The van der Waals surface area contributed by atoms with Crippen LogP contribution in [0.1, 0.15) is 21.5 Å². The SMILES string of the molecule is N#Cc1cccc(COc2cccc(NC(=O)CNC(=O)c3ccc(F)cc3F)c2)c1. The Morgan fingerprint density at radius 3 is 2.58 bits per heavy atom. The predicted molar refractivity (Wildman–Crippen MR) is 109 cm³/mol. The van der Waals surface area contributed by atoms with E-state index in [4.69, 9.17) is 10.00 Å². The summed E-state index contributed by atoms with van der Waals surface area (Å²) in [7, 11) is 0. The standard InChI is InChI=1S/C23H17F2N3O3/c24-17-7-8-20(21(25)10-17)23(30)27-13-22(29)28-18-5-2-6-19(11-18)31-14-16-4-1-3-15(9-16)12-26/h1-11H,13-14H2,(H,27,30)(H,28,29). The average molecular weight is 421 g/mol. The smallest absolute Gasteiger partial charge is 0.254 e. The Hall–Kier alpha value is -4.25. The molecule has 6 nitrogen and oxygen atoms in total. The summed E-state index contributed by atoms with van der Waals surface area (Å²) >= 11 is 0. The molecule has 0 spiro atoms. The zero-order valence-corrected chi connectivity index (χ0v) is 16.2.